The first-order valence-corrected chi connectivity index (χ1v) is 4.94. The summed E-state index contributed by atoms with van der Waals surface area (Å²) in [6.45, 7) is 1.80. The third-order valence-corrected chi connectivity index (χ3v) is 2.18. The largest absolute Gasteiger partial charge is 0.497 e. The molecular formula is C11H14ClN3O2. The first-order valence-electron chi connectivity index (χ1n) is 4.94. The second-order valence-electron chi connectivity index (χ2n) is 3.47. The van der Waals surface area contributed by atoms with E-state index in [-0.39, 0.29) is 18.4 Å². The minimum atomic E-state index is -0.250. The molecule has 0 unspecified atom stereocenters. The lowest BCUT2D eigenvalue weighted by Crippen LogP contribution is -2.04. The molecule has 0 aliphatic carbocycles. The zero-order valence-corrected chi connectivity index (χ0v) is 10.4. The van der Waals surface area contributed by atoms with E-state index in [4.69, 9.17) is 15.0 Å². The molecule has 0 aliphatic rings. The minimum absolute atomic E-state index is 0. The van der Waals surface area contributed by atoms with Crippen LogP contribution in [0.4, 0.5) is 0 Å². The minimum Gasteiger partial charge on any atom is -0.497 e. The summed E-state index contributed by atoms with van der Waals surface area (Å²) in [5.41, 5.74) is 6.51. The van der Waals surface area contributed by atoms with E-state index in [0.29, 0.717) is 11.7 Å². The third kappa shape index (κ3) is 2.95. The van der Waals surface area contributed by atoms with Gasteiger partial charge in [-0.15, -0.1) is 12.4 Å². The molecule has 1 aromatic carbocycles. The van der Waals surface area contributed by atoms with Crippen LogP contribution < -0.4 is 10.5 Å². The summed E-state index contributed by atoms with van der Waals surface area (Å²) < 4.78 is 10.1. The van der Waals surface area contributed by atoms with Gasteiger partial charge in [-0.3, -0.25) is 0 Å². The molecule has 5 nitrogen and oxygen atoms in total. The molecule has 0 saturated carbocycles. The van der Waals surface area contributed by atoms with Gasteiger partial charge in [0, 0.05) is 5.56 Å². The summed E-state index contributed by atoms with van der Waals surface area (Å²) in [4.78, 5) is 4.19. The van der Waals surface area contributed by atoms with Crippen molar-refractivity contribution >= 4 is 12.4 Å². The normalized spacial score (nSPS) is 11.7. The van der Waals surface area contributed by atoms with E-state index in [1.807, 2.05) is 24.3 Å². The van der Waals surface area contributed by atoms with Gasteiger partial charge < -0.3 is 15.0 Å². The zero-order chi connectivity index (χ0) is 11.5. The standard InChI is InChI=1S/C11H13N3O2.ClH/c1-7(12)11-13-10(14-16-11)8-3-5-9(15-2)6-4-8;/h3-7H,12H2,1-2H3;1H/t7-;/m0./s1. The fourth-order valence-electron chi connectivity index (χ4n) is 1.28. The van der Waals surface area contributed by atoms with Gasteiger partial charge in [0.05, 0.1) is 13.2 Å². The van der Waals surface area contributed by atoms with Crippen molar-refractivity contribution in [3.8, 4) is 17.1 Å². The summed E-state index contributed by atoms with van der Waals surface area (Å²) in [5.74, 6) is 1.76. The summed E-state index contributed by atoms with van der Waals surface area (Å²) in [6.07, 6.45) is 0. The van der Waals surface area contributed by atoms with E-state index >= 15 is 0 Å². The summed E-state index contributed by atoms with van der Waals surface area (Å²) in [6, 6.07) is 7.18. The highest BCUT2D eigenvalue weighted by Crippen LogP contribution is 2.20. The zero-order valence-electron chi connectivity index (χ0n) is 9.58. The SMILES string of the molecule is COc1ccc(-c2noc([C@H](C)N)n2)cc1.Cl. The Morgan fingerprint density at radius 2 is 1.94 bits per heavy atom. The summed E-state index contributed by atoms with van der Waals surface area (Å²) >= 11 is 0. The molecule has 0 spiro atoms. The third-order valence-electron chi connectivity index (χ3n) is 2.18. The molecule has 6 heteroatoms. The number of benzene rings is 1. The fourth-order valence-corrected chi connectivity index (χ4v) is 1.28. The second-order valence-corrected chi connectivity index (χ2v) is 3.47. The Kier molecular flexibility index (Phi) is 4.48. The van der Waals surface area contributed by atoms with E-state index in [1.54, 1.807) is 14.0 Å². The molecule has 0 bridgehead atoms. The van der Waals surface area contributed by atoms with Crippen molar-refractivity contribution in [2.24, 2.45) is 5.73 Å². The van der Waals surface area contributed by atoms with Crippen LogP contribution >= 0.6 is 12.4 Å². The number of nitrogens with zero attached hydrogens (tertiary/aromatic N) is 2. The molecular weight excluding hydrogens is 242 g/mol. The Balaban J connectivity index is 0.00000144. The highest BCUT2D eigenvalue weighted by atomic mass is 35.5. The monoisotopic (exact) mass is 255 g/mol. The number of hydrogen-bond acceptors (Lipinski definition) is 5. The molecule has 2 aromatic rings. The average Bonchev–Trinajstić information content (AvgIpc) is 2.78. The van der Waals surface area contributed by atoms with Crippen LogP contribution in [0.15, 0.2) is 28.8 Å². The molecule has 0 radical (unpaired) electrons. The molecule has 0 fully saturated rings. The second kappa shape index (κ2) is 5.65. The smallest absolute Gasteiger partial charge is 0.243 e. The number of halogens is 1. The van der Waals surface area contributed by atoms with Gasteiger partial charge in [0.1, 0.15) is 5.75 Å². The molecule has 2 rings (SSSR count). The van der Waals surface area contributed by atoms with Gasteiger partial charge in [0.15, 0.2) is 0 Å². The summed E-state index contributed by atoms with van der Waals surface area (Å²) in [5, 5.41) is 3.86. The number of methoxy groups -OCH3 is 1. The Morgan fingerprint density at radius 1 is 1.29 bits per heavy atom. The maximum Gasteiger partial charge on any atom is 0.243 e. The van der Waals surface area contributed by atoms with Gasteiger partial charge >= 0.3 is 0 Å². The van der Waals surface area contributed by atoms with Gasteiger partial charge in [0.2, 0.25) is 11.7 Å². The molecule has 0 aliphatic heterocycles. The van der Waals surface area contributed by atoms with E-state index < -0.39 is 0 Å². The van der Waals surface area contributed by atoms with Crippen LogP contribution in [0.2, 0.25) is 0 Å². The van der Waals surface area contributed by atoms with Crippen LogP contribution in [-0.4, -0.2) is 17.3 Å². The molecule has 1 heterocycles. The van der Waals surface area contributed by atoms with Gasteiger partial charge in [0.25, 0.3) is 0 Å². The Hall–Kier alpha value is -1.59. The molecule has 17 heavy (non-hydrogen) atoms. The molecule has 1 atom stereocenters. The van der Waals surface area contributed by atoms with Crippen molar-refractivity contribution in [2.45, 2.75) is 13.0 Å². The number of aromatic nitrogens is 2. The van der Waals surface area contributed by atoms with E-state index in [9.17, 15) is 0 Å². The van der Waals surface area contributed by atoms with Crippen LogP contribution in [0.1, 0.15) is 18.9 Å². The maximum atomic E-state index is 5.63. The Labute approximate surface area is 105 Å². The van der Waals surface area contributed by atoms with Crippen LogP contribution in [-0.2, 0) is 0 Å². The van der Waals surface area contributed by atoms with Crippen molar-refractivity contribution in [1.29, 1.82) is 0 Å². The van der Waals surface area contributed by atoms with E-state index in [2.05, 4.69) is 10.1 Å². The van der Waals surface area contributed by atoms with Crippen LogP contribution in [0.3, 0.4) is 0 Å². The number of ether oxygens (including phenoxy) is 1. The Bertz CT molecular complexity index is 468. The van der Waals surface area contributed by atoms with E-state index in [0.717, 1.165) is 11.3 Å². The van der Waals surface area contributed by atoms with Gasteiger partial charge in [-0.2, -0.15) is 4.98 Å². The summed E-state index contributed by atoms with van der Waals surface area (Å²) in [7, 11) is 1.62. The van der Waals surface area contributed by atoms with Gasteiger partial charge in [-0.05, 0) is 31.2 Å². The predicted octanol–water partition coefficient (Wildman–Crippen LogP) is 2.19. The molecule has 0 saturated heterocycles. The van der Waals surface area contributed by atoms with Crippen LogP contribution in [0.5, 0.6) is 5.75 Å². The topological polar surface area (TPSA) is 74.2 Å². The highest BCUT2D eigenvalue weighted by Gasteiger charge is 2.11. The fraction of sp³-hybridized carbons (Fsp3) is 0.273. The van der Waals surface area contributed by atoms with Crippen molar-refractivity contribution in [2.75, 3.05) is 7.11 Å². The number of rotatable bonds is 3. The van der Waals surface area contributed by atoms with Crippen molar-refractivity contribution in [3.63, 3.8) is 0 Å². The lowest BCUT2D eigenvalue weighted by Gasteiger charge is -1.99. The maximum absolute atomic E-state index is 5.63. The first kappa shape index (κ1) is 13.5. The number of nitrogens with two attached hydrogens (primary N) is 1. The highest BCUT2D eigenvalue weighted by molar-refractivity contribution is 5.85. The lowest BCUT2D eigenvalue weighted by molar-refractivity contribution is 0.362. The molecule has 92 valence electrons. The van der Waals surface area contributed by atoms with Crippen LogP contribution in [0, 0.1) is 0 Å². The lowest BCUT2D eigenvalue weighted by atomic mass is 10.2. The Morgan fingerprint density at radius 3 is 2.41 bits per heavy atom. The van der Waals surface area contributed by atoms with Crippen molar-refractivity contribution in [1.82, 2.24) is 10.1 Å². The number of hydrogen-bond donors (Lipinski definition) is 1. The van der Waals surface area contributed by atoms with E-state index in [1.165, 1.54) is 0 Å². The predicted molar refractivity (Wildman–Crippen MR) is 66.1 cm³/mol. The van der Waals surface area contributed by atoms with Gasteiger partial charge in [-0.25, -0.2) is 0 Å². The molecule has 1 aromatic heterocycles. The van der Waals surface area contributed by atoms with Crippen molar-refractivity contribution in [3.05, 3.63) is 30.2 Å². The van der Waals surface area contributed by atoms with Crippen molar-refractivity contribution < 1.29 is 9.26 Å². The van der Waals surface area contributed by atoms with Crippen LogP contribution in [0.25, 0.3) is 11.4 Å². The quantitative estimate of drug-likeness (QED) is 0.910. The molecule has 0 amide bonds. The first-order chi connectivity index (χ1) is 7.70. The molecule has 2 N–H and O–H groups in total. The average molecular weight is 256 g/mol. The van der Waals surface area contributed by atoms with Gasteiger partial charge in [-0.1, -0.05) is 5.16 Å².